The van der Waals surface area contributed by atoms with Crippen LogP contribution in [-0.2, 0) is 11.3 Å². The molecular formula is C13H17ClN2O4. The summed E-state index contributed by atoms with van der Waals surface area (Å²) >= 11 is 5.87. The lowest BCUT2D eigenvalue weighted by Crippen LogP contribution is -2.31. The molecule has 0 fully saturated rings. The third-order valence-electron chi connectivity index (χ3n) is 3.03. The number of rotatable bonds is 7. The van der Waals surface area contributed by atoms with Crippen molar-refractivity contribution in [2.75, 3.05) is 13.1 Å². The molecule has 1 N–H and O–H groups in total. The largest absolute Gasteiger partial charge is 0.481 e. The lowest BCUT2D eigenvalue weighted by Gasteiger charge is -2.22. The summed E-state index contributed by atoms with van der Waals surface area (Å²) in [6.45, 7) is 4.71. The minimum absolute atomic E-state index is 0.00386. The number of benzene rings is 1. The van der Waals surface area contributed by atoms with E-state index < -0.39 is 16.8 Å². The van der Waals surface area contributed by atoms with E-state index in [1.807, 2.05) is 11.8 Å². The fourth-order valence-corrected chi connectivity index (χ4v) is 2.07. The molecule has 0 aliphatic heterocycles. The quantitative estimate of drug-likeness (QED) is 0.618. The van der Waals surface area contributed by atoms with Crippen molar-refractivity contribution in [1.29, 1.82) is 0 Å². The molecule has 1 rings (SSSR count). The van der Waals surface area contributed by atoms with Crippen molar-refractivity contribution in [3.8, 4) is 0 Å². The maximum Gasteiger partial charge on any atom is 0.307 e. The molecule has 1 atom stereocenters. The Morgan fingerprint density at radius 2 is 2.20 bits per heavy atom. The normalized spacial score (nSPS) is 12.4. The first-order chi connectivity index (χ1) is 9.35. The molecule has 0 aliphatic carbocycles. The molecule has 0 bridgehead atoms. The highest BCUT2D eigenvalue weighted by Crippen LogP contribution is 2.24. The van der Waals surface area contributed by atoms with E-state index >= 15 is 0 Å². The van der Waals surface area contributed by atoms with Gasteiger partial charge in [-0.2, -0.15) is 0 Å². The molecule has 1 aromatic rings. The van der Waals surface area contributed by atoms with Crippen molar-refractivity contribution in [2.24, 2.45) is 5.92 Å². The lowest BCUT2D eigenvalue weighted by molar-refractivity contribution is -0.385. The molecule has 0 saturated heterocycles. The van der Waals surface area contributed by atoms with Crippen molar-refractivity contribution >= 4 is 23.3 Å². The van der Waals surface area contributed by atoms with E-state index in [2.05, 4.69) is 0 Å². The molecule has 0 aliphatic rings. The van der Waals surface area contributed by atoms with E-state index in [1.165, 1.54) is 12.1 Å². The number of carbonyl (C=O) groups is 1. The van der Waals surface area contributed by atoms with Crippen LogP contribution < -0.4 is 0 Å². The Bertz CT molecular complexity index is 507. The molecule has 0 radical (unpaired) electrons. The number of nitro groups is 1. The Labute approximate surface area is 122 Å². The minimum Gasteiger partial charge on any atom is -0.481 e. The van der Waals surface area contributed by atoms with Gasteiger partial charge in [-0.25, -0.2) is 0 Å². The summed E-state index contributed by atoms with van der Waals surface area (Å²) in [4.78, 5) is 23.2. The predicted octanol–water partition coefficient (Wildman–Crippen LogP) is 2.79. The number of halogens is 1. The van der Waals surface area contributed by atoms with Crippen LogP contribution in [0.15, 0.2) is 18.2 Å². The molecule has 1 unspecified atom stereocenters. The van der Waals surface area contributed by atoms with E-state index in [4.69, 9.17) is 16.7 Å². The van der Waals surface area contributed by atoms with Gasteiger partial charge < -0.3 is 5.11 Å². The van der Waals surface area contributed by atoms with Crippen molar-refractivity contribution in [3.05, 3.63) is 38.9 Å². The van der Waals surface area contributed by atoms with Crippen molar-refractivity contribution in [3.63, 3.8) is 0 Å². The van der Waals surface area contributed by atoms with Gasteiger partial charge in [0.15, 0.2) is 0 Å². The molecule has 110 valence electrons. The van der Waals surface area contributed by atoms with E-state index in [9.17, 15) is 14.9 Å². The fourth-order valence-electron chi connectivity index (χ4n) is 1.87. The minimum atomic E-state index is -0.885. The van der Waals surface area contributed by atoms with Gasteiger partial charge in [-0.1, -0.05) is 25.4 Å². The van der Waals surface area contributed by atoms with Gasteiger partial charge in [0, 0.05) is 29.7 Å². The van der Waals surface area contributed by atoms with E-state index in [0.717, 1.165) is 0 Å². The Kier molecular flexibility index (Phi) is 5.91. The van der Waals surface area contributed by atoms with Gasteiger partial charge in [-0.3, -0.25) is 19.8 Å². The average Bonchev–Trinajstić information content (AvgIpc) is 2.37. The van der Waals surface area contributed by atoms with Gasteiger partial charge in [-0.15, -0.1) is 0 Å². The van der Waals surface area contributed by atoms with E-state index in [-0.39, 0.29) is 5.69 Å². The second kappa shape index (κ2) is 7.21. The second-order valence-corrected chi connectivity index (χ2v) is 5.03. The number of carboxylic acids is 1. The number of hydrogen-bond donors (Lipinski definition) is 1. The van der Waals surface area contributed by atoms with E-state index in [0.29, 0.717) is 30.2 Å². The molecule has 0 heterocycles. The van der Waals surface area contributed by atoms with Gasteiger partial charge >= 0.3 is 5.97 Å². The van der Waals surface area contributed by atoms with Gasteiger partial charge in [0.2, 0.25) is 0 Å². The first-order valence-electron chi connectivity index (χ1n) is 6.23. The molecule has 6 nitrogen and oxygen atoms in total. The van der Waals surface area contributed by atoms with Crippen LogP contribution in [-0.4, -0.2) is 34.0 Å². The second-order valence-electron chi connectivity index (χ2n) is 4.60. The van der Waals surface area contributed by atoms with Gasteiger partial charge in [0.05, 0.1) is 10.8 Å². The zero-order valence-corrected chi connectivity index (χ0v) is 12.1. The van der Waals surface area contributed by atoms with Crippen LogP contribution >= 0.6 is 11.6 Å². The third kappa shape index (κ3) is 4.47. The zero-order chi connectivity index (χ0) is 15.3. The van der Waals surface area contributed by atoms with Crippen LogP contribution in [0.2, 0.25) is 5.02 Å². The third-order valence-corrected chi connectivity index (χ3v) is 3.27. The number of aliphatic carboxylic acids is 1. The maximum absolute atomic E-state index is 11.0. The van der Waals surface area contributed by atoms with E-state index in [1.54, 1.807) is 13.0 Å². The maximum atomic E-state index is 11.0. The first kappa shape index (κ1) is 16.4. The number of carboxylic acid groups (broad SMARTS) is 1. The van der Waals surface area contributed by atoms with Crippen LogP contribution in [0, 0.1) is 16.0 Å². The van der Waals surface area contributed by atoms with Crippen molar-refractivity contribution < 1.29 is 14.8 Å². The fraction of sp³-hybridized carbons (Fsp3) is 0.462. The standard InChI is InChI=1S/C13H17ClN2O4/c1-3-15(7-9(2)13(17)18)8-10-6-11(14)4-5-12(10)16(19)20/h4-6,9H,3,7-8H2,1-2H3,(H,17,18). The number of hydrogen-bond acceptors (Lipinski definition) is 4. The summed E-state index contributed by atoms with van der Waals surface area (Å²) in [5.41, 5.74) is 0.484. The number of nitrogens with zero attached hydrogens (tertiary/aromatic N) is 2. The van der Waals surface area contributed by atoms with Crippen LogP contribution in [0.5, 0.6) is 0 Å². The summed E-state index contributed by atoms with van der Waals surface area (Å²) in [6.07, 6.45) is 0. The Balaban J connectivity index is 2.91. The molecule has 0 aromatic heterocycles. The lowest BCUT2D eigenvalue weighted by atomic mass is 10.1. The number of nitro benzene ring substituents is 1. The van der Waals surface area contributed by atoms with Crippen LogP contribution in [0.25, 0.3) is 0 Å². The summed E-state index contributed by atoms with van der Waals surface area (Å²) in [7, 11) is 0. The smallest absolute Gasteiger partial charge is 0.307 e. The highest BCUT2D eigenvalue weighted by molar-refractivity contribution is 6.30. The van der Waals surface area contributed by atoms with Crippen LogP contribution in [0.4, 0.5) is 5.69 Å². The topological polar surface area (TPSA) is 83.7 Å². The summed E-state index contributed by atoms with van der Waals surface area (Å²) in [5, 5.41) is 20.3. The molecule has 0 spiro atoms. The SMILES string of the molecule is CCN(Cc1cc(Cl)ccc1[N+](=O)[O-])CC(C)C(=O)O. The molecule has 20 heavy (non-hydrogen) atoms. The summed E-state index contributed by atoms with van der Waals surface area (Å²) in [5.74, 6) is -1.42. The highest BCUT2D eigenvalue weighted by atomic mass is 35.5. The van der Waals surface area contributed by atoms with Crippen LogP contribution in [0.3, 0.4) is 0 Å². The molecular weight excluding hydrogens is 284 g/mol. The summed E-state index contributed by atoms with van der Waals surface area (Å²) < 4.78 is 0. The van der Waals surface area contributed by atoms with Crippen LogP contribution in [0.1, 0.15) is 19.4 Å². The van der Waals surface area contributed by atoms with Gasteiger partial charge in [0.25, 0.3) is 5.69 Å². The Morgan fingerprint density at radius 1 is 1.55 bits per heavy atom. The predicted molar refractivity (Wildman–Crippen MR) is 75.9 cm³/mol. The first-order valence-corrected chi connectivity index (χ1v) is 6.61. The van der Waals surface area contributed by atoms with Gasteiger partial charge in [-0.05, 0) is 18.7 Å². The average molecular weight is 301 g/mol. The molecule has 7 heteroatoms. The summed E-state index contributed by atoms with van der Waals surface area (Å²) in [6, 6.07) is 4.39. The Morgan fingerprint density at radius 3 is 2.70 bits per heavy atom. The molecule has 1 aromatic carbocycles. The highest BCUT2D eigenvalue weighted by Gasteiger charge is 2.19. The monoisotopic (exact) mass is 300 g/mol. The van der Waals surface area contributed by atoms with Crippen molar-refractivity contribution in [1.82, 2.24) is 4.90 Å². The zero-order valence-electron chi connectivity index (χ0n) is 11.4. The molecule has 0 saturated carbocycles. The van der Waals surface area contributed by atoms with Crippen molar-refractivity contribution in [2.45, 2.75) is 20.4 Å². The van der Waals surface area contributed by atoms with Gasteiger partial charge in [0.1, 0.15) is 0 Å². The Hall–Kier alpha value is -1.66. The molecule has 0 amide bonds.